The predicted molar refractivity (Wildman–Crippen MR) is 127 cm³/mol. The summed E-state index contributed by atoms with van der Waals surface area (Å²) >= 11 is 0. The summed E-state index contributed by atoms with van der Waals surface area (Å²) in [6.45, 7) is 0.146. The van der Waals surface area contributed by atoms with Gasteiger partial charge in [-0.3, -0.25) is 4.79 Å². The van der Waals surface area contributed by atoms with E-state index in [1.165, 1.54) is 0 Å². The first-order valence-corrected chi connectivity index (χ1v) is 11.2. The molecule has 1 fully saturated rings. The first-order chi connectivity index (χ1) is 15.5. The quantitative estimate of drug-likeness (QED) is 0.569. The molecule has 0 bridgehead atoms. The third kappa shape index (κ3) is 5.15. The molecule has 168 valence electrons. The maximum atomic E-state index is 12.6. The monoisotopic (exact) mass is 435 g/mol. The minimum atomic E-state index is -0.514. The van der Waals surface area contributed by atoms with E-state index in [4.69, 9.17) is 9.97 Å². The summed E-state index contributed by atoms with van der Waals surface area (Å²) in [5.41, 5.74) is 2.09. The van der Waals surface area contributed by atoms with Gasteiger partial charge in [0.15, 0.2) is 0 Å². The number of para-hydroxylation sites is 1. The van der Waals surface area contributed by atoms with Crippen LogP contribution in [0.2, 0.25) is 0 Å². The number of alkyl halides is 1. The van der Waals surface area contributed by atoms with E-state index in [2.05, 4.69) is 10.6 Å². The molecule has 0 radical (unpaired) electrons. The smallest absolute Gasteiger partial charge is 0.251 e. The average Bonchev–Trinajstić information content (AvgIpc) is 2.83. The molecule has 1 aromatic heterocycles. The van der Waals surface area contributed by atoms with Crippen LogP contribution < -0.4 is 15.5 Å². The zero-order chi connectivity index (χ0) is 22.5. The molecule has 1 aliphatic carbocycles. The van der Waals surface area contributed by atoms with Gasteiger partial charge in [0.1, 0.15) is 12.5 Å². The number of nitrogens with zero attached hydrogens (tertiary/aromatic N) is 3. The average molecular weight is 436 g/mol. The second kappa shape index (κ2) is 9.94. The molecule has 1 aliphatic rings. The molecule has 2 N–H and O–H groups in total. The summed E-state index contributed by atoms with van der Waals surface area (Å²) in [7, 11) is 3.99. The highest BCUT2D eigenvalue weighted by Gasteiger charge is 2.23. The van der Waals surface area contributed by atoms with Crippen LogP contribution in [0.3, 0.4) is 0 Å². The largest absolute Gasteiger partial charge is 0.362 e. The number of carbonyl (C=O) groups excluding carboxylic acids is 1. The topological polar surface area (TPSA) is 70.2 Å². The van der Waals surface area contributed by atoms with Gasteiger partial charge in [0.2, 0.25) is 5.95 Å². The molecular formula is C25H30FN5O. The van der Waals surface area contributed by atoms with Crippen molar-refractivity contribution in [1.29, 1.82) is 0 Å². The molecule has 32 heavy (non-hydrogen) atoms. The van der Waals surface area contributed by atoms with Crippen molar-refractivity contribution in [3.8, 4) is 0 Å². The van der Waals surface area contributed by atoms with Gasteiger partial charge in [-0.2, -0.15) is 4.98 Å². The highest BCUT2D eigenvalue weighted by atomic mass is 19.1. The van der Waals surface area contributed by atoms with Crippen LogP contribution >= 0.6 is 0 Å². The van der Waals surface area contributed by atoms with Crippen LogP contribution in [-0.2, 0) is 6.67 Å². The standard InChI is InChI=1S/C25H30FN5O/c1-31(2)23-21-5-3-4-6-22(21)29-25(30-23)28-20-13-9-18(10-14-20)16-27-24(32)19-11-7-17(15-26)8-12-19/h3-8,11-12,18,20H,9-10,13-16H2,1-2H3,(H,27,32)(H,28,29,30)/t18-,20+. The van der Waals surface area contributed by atoms with Crippen LogP contribution in [0.5, 0.6) is 0 Å². The van der Waals surface area contributed by atoms with E-state index in [-0.39, 0.29) is 5.91 Å². The number of halogens is 1. The summed E-state index contributed by atoms with van der Waals surface area (Å²) in [6, 6.07) is 15.0. The first-order valence-electron chi connectivity index (χ1n) is 11.2. The normalized spacial score (nSPS) is 18.3. The van der Waals surface area contributed by atoms with Gasteiger partial charge in [0.05, 0.1) is 5.52 Å². The molecule has 6 nitrogen and oxygen atoms in total. The molecule has 2 aromatic carbocycles. The minimum Gasteiger partial charge on any atom is -0.362 e. The second-order valence-corrected chi connectivity index (χ2v) is 8.68. The Bertz CT molecular complexity index is 1060. The van der Waals surface area contributed by atoms with Crippen molar-refractivity contribution in [1.82, 2.24) is 15.3 Å². The van der Waals surface area contributed by atoms with Gasteiger partial charge in [0, 0.05) is 37.6 Å². The number of aromatic nitrogens is 2. The Kier molecular flexibility index (Phi) is 6.83. The van der Waals surface area contributed by atoms with Gasteiger partial charge in [0.25, 0.3) is 5.91 Å². The molecule has 1 saturated carbocycles. The van der Waals surface area contributed by atoms with Gasteiger partial charge >= 0.3 is 0 Å². The summed E-state index contributed by atoms with van der Waals surface area (Å²) in [4.78, 5) is 23.8. The Morgan fingerprint density at radius 1 is 1.03 bits per heavy atom. The molecule has 0 unspecified atom stereocenters. The molecule has 4 rings (SSSR count). The van der Waals surface area contributed by atoms with Crippen LogP contribution in [-0.4, -0.2) is 42.6 Å². The third-order valence-corrected chi connectivity index (χ3v) is 6.11. The fraction of sp³-hybridized carbons (Fsp3) is 0.400. The van der Waals surface area contributed by atoms with E-state index in [0.717, 1.165) is 42.4 Å². The number of fused-ring (bicyclic) bond motifs is 1. The maximum absolute atomic E-state index is 12.6. The van der Waals surface area contributed by atoms with E-state index in [9.17, 15) is 9.18 Å². The SMILES string of the molecule is CN(C)c1nc(N[C@H]2CC[C@@H](CNC(=O)c3ccc(CF)cc3)CC2)nc2ccccc12. The van der Waals surface area contributed by atoms with Crippen molar-refractivity contribution in [2.45, 2.75) is 38.4 Å². The number of rotatable bonds is 7. The molecule has 1 amide bonds. The van der Waals surface area contributed by atoms with Crippen LogP contribution in [0.4, 0.5) is 16.2 Å². The number of hydrogen-bond acceptors (Lipinski definition) is 5. The van der Waals surface area contributed by atoms with Crippen molar-refractivity contribution in [2.24, 2.45) is 5.92 Å². The lowest BCUT2D eigenvalue weighted by Crippen LogP contribution is -2.34. The number of benzene rings is 2. The van der Waals surface area contributed by atoms with Gasteiger partial charge in [-0.1, -0.05) is 24.3 Å². The molecule has 0 atom stereocenters. The highest BCUT2D eigenvalue weighted by molar-refractivity contribution is 5.94. The van der Waals surface area contributed by atoms with Gasteiger partial charge in [-0.05, 0) is 61.4 Å². The molecule has 1 heterocycles. The van der Waals surface area contributed by atoms with Crippen molar-refractivity contribution in [3.05, 3.63) is 59.7 Å². The van der Waals surface area contributed by atoms with Crippen LogP contribution in [0, 0.1) is 5.92 Å². The maximum Gasteiger partial charge on any atom is 0.251 e. The van der Waals surface area contributed by atoms with Crippen LogP contribution in [0.25, 0.3) is 10.9 Å². The Morgan fingerprint density at radius 2 is 1.75 bits per heavy atom. The summed E-state index contributed by atoms with van der Waals surface area (Å²) < 4.78 is 12.6. The molecule has 0 aliphatic heterocycles. The third-order valence-electron chi connectivity index (χ3n) is 6.11. The minimum absolute atomic E-state index is 0.101. The Labute approximate surface area is 188 Å². The lowest BCUT2D eigenvalue weighted by Gasteiger charge is -2.29. The summed E-state index contributed by atoms with van der Waals surface area (Å²) in [5, 5.41) is 7.59. The summed E-state index contributed by atoms with van der Waals surface area (Å²) in [6.07, 6.45) is 4.10. The molecule has 7 heteroatoms. The Hall–Kier alpha value is -3.22. The molecule has 3 aromatic rings. The molecular weight excluding hydrogens is 405 g/mol. The van der Waals surface area contributed by atoms with E-state index >= 15 is 0 Å². The second-order valence-electron chi connectivity index (χ2n) is 8.68. The number of anilines is 2. The fourth-order valence-corrected chi connectivity index (χ4v) is 4.24. The van der Waals surface area contributed by atoms with E-state index in [1.807, 2.05) is 43.3 Å². The summed E-state index contributed by atoms with van der Waals surface area (Å²) in [5.74, 6) is 1.93. The number of nitrogens with one attached hydrogen (secondary N) is 2. The van der Waals surface area contributed by atoms with E-state index in [1.54, 1.807) is 24.3 Å². The van der Waals surface area contributed by atoms with Gasteiger partial charge < -0.3 is 15.5 Å². The Balaban J connectivity index is 1.30. The molecule has 0 spiro atoms. The fourth-order valence-electron chi connectivity index (χ4n) is 4.24. The van der Waals surface area contributed by atoms with E-state index in [0.29, 0.717) is 35.6 Å². The highest BCUT2D eigenvalue weighted by Crippen LogP contribution is 2.28. The van der Waals surface area contributed by atoms with Crippen molar-refractivity contribution < 1.29 is 9.18 Å². The zero-order valence-electron chi connectivity index (χ0n) is 18.6. The number of carbonyl (C=O) groups is 1. The lowest BCUT2D eigenvalue weighted by molar-refractivity contribution is 0.0943. The van der Waals surface area contributed by atoms with Crippen molar-refractivity contribution >= 4 is 28.6 Å². The number of amides is 1. The van der Waals surface area contributed by atoms with Gasteiger partial charge in [-0.15, -0.1) is 0 Å². The number of hydrogen-bond donors (Lipinski definition) is 2. The first kappa shape index (κ1) is 22.0. The molecule has 0 saturated heterocycles. The van der Waals surface area contributed by atoms with E-state index < -0.39 is 6.67 Å². The van der Waals surface area contributed by atoms with Crippen LogP contribution in [0.1, 0.15) is 41.6 Å². The lowest BCUT2D eigenvalue weighted by atomic mass is 9.86. The van der Waals surface area contributed by atoms with Gasteiger partial charge in [-0.25, -0.2) is 9.37 Å². The van der Waals surface area contributed by atoms with Crippen LogP contribution in [0.15, 0.2) is 48.5 Å². The Morgan fingerprint density at radius 3 is 2.44 bits per heavy atom. The van der Waals surface area contributed by atoms with Crippen molar-refractivity contribution in [2.75, 3.05) is 30.9 Å². The predicted octanol–water partition coefficient (Wildman–Crippen LogP) is 4.57. The van der Waals surface area contributed by atoms with Crippen molar-refractivity contribution in [3.63, 3.8) is 0 Å². The zero-order valence-corrected chi connectivity index (χ0v) is 18.6.